The van der Waals surface area contributed by atoms with E-state index in [2.05, 4.69) is 27.3 Å². The third kappa shape index (κ3) is 3.71. The molecule has 0 bridgehead atoms. The molecule has 2 rings (SSSR count). The maximum atomic E-state index is 11.3. The van der Waals surface area contributed by atoms with Gasteiger partial charge in [0, 0.05) is 28.9 Å². The number of nitrogens with zero attached hydrogens (tertiary/aromatic N) is 5. The minimum Gasteiger partial charge on any atom is -0.295 e. The highest BCUT2D eigenvalue weighted by Crippen LogP contribution is 2.10. The number of rotatable bonds is 6. The van der Waals surface area contributed by atoms with E-state index in [4.69, 9.17) is 0 Å². The van der Waals surface area contributed by atoms with Gasteiger partial charge in [0.25, 0.3) is 0 Å². The number of benzene rings is 1. The van der Waals surface area contributed by atoms with Crippen LogP contribution in [-0.4, -0.2) is 54.4 Å². The highest BCUT2D eigenvalue weighted by atomic mass is 32.2. The van der Waals surface area contributed by atoms with Crippen molar-refractivity contribution >= 4 is 10.8 Å². The van der Waals surface area contributed by atoms with Crippen molar-refractivity contribution in [2.75, 3.05) is 19.1 Å². The van der Waals surface area contributed by atoms with E-state index in [9.17, 15) is 4.21 Å². The smallest absolute Gasteiger partial charge is 0.170 e. The Morgan fingerprint density at radius 3 is 2.70 bits per heavy atom. The van der Waals surface area contributed by atoms with Gasteiger partial charge in [-0.2, -0.15) is 4.68 Å². The van der Waals surface area contributed by atoms with E-state index in [-0.39, 0.29) is 6.04 Å². The topological polar surface area (TPSA) is 63.9 Å². The van der Waals surface area contributed by atoms with Crippen molar-refractivity contribution in [1.82, 2.24) is 25.1 Å². The van der Waals surface area contributed by atoms with Gasteiger partial charge in [0.15, 0.2) is 5.82 Å². The van der Waals surface area contributed by atoms with Crippen LogP contribution in [0.25, 0.3) is 5.69 Å². The van der Waals surface area contributed by atoms with Crippen molar-refractivity contribution in [3.63, 3.8) is 0 Å². The van der Waals surface area contributed by atoms with Gasteiger partial charge in [-0.3, -0.25) is 9.11 Å². The summed E-state index contributed by atoms with van der Waals surface area (Å²) < 4.78 is 13.0. The second-order valence-corrected chi connectivity index (χ2v) is 6.33. The molecule has 1 aromatic heterocycles. The van der Waals surface area contributed by atoms with E-state index in [0.717, 1.165) is 11.5 Å². The van der Waals surface area contributed by atoms with Crippen LogP contribution >= 0.6 is 0 Å². The van der Waals surface area contributed by atoms with Crippen LogP contribution in [-0.2, 0) is 17.3 Å². The summed E-state index contributed by atoms with van der Waals surface area (Å²) in [4.78, 5) is 2.10. The van der Waals surface area contributed by atoms with Crippen LogP contribution in [0.5, 0.6) is 0 Å². The molecule has 2 atom stereocenters. The van der Waals surface area contributed by atoms with Crippen LogP contribution in [0.15, 0.2) is 30.3 Å². The van der Waals surface area contributed by atoms with Gasteiger partial charge in [-0.1, -0.05) is 18.2 Å². The molecule has 6 nitrogen and oxygen atoms in total. The van der Waals surface area contributed by atoms with E-state index in [1.54, 1.807) is 10.9 Å². The third-order valence-corrected chi connectivity index (χ3v) is 4.11. The first-order valence-corrected chi connectivity index (χ1v) is 8.13. The van der Waals surface area contributed by atoms with Gasteiger partial charge in [0.2, 0.25) is 0 Å². The fraction of sp³-hybridized carbons (Fsp3) is 0.462. The first kappa shape index (κ1) is 14.8. The highest BCUT2D eigenvalue weighted by molar-refractivity contribution is 7.84. The first-order valence-electron chi connectivity index (χ1n) is 6.41. The molecule has 0 radical (unpaired) electrons. The van der Waals surface area contributed by atoms with Gasteiger partial charge in [-0.25, -0.2) is 0 Å². The van der Waals surface area contributed by atoms with Crippen molar-refractivity contribution in [3.05, 3.63) is 36.2 Å². The normalized spacial score (nSPS) is 14.4. The quantitative estimate of drug-likeness (QED) is 0.790. The van der Waals surface area contributed by atoms with Gasteiger partial charge in [-0.05, 0) is 36.5 Å². The third-order valence-electron chi connectivity index (χ3n) is 3.15. The molecule has 0 aliphatic heterocycles. The number of hydrogen-bond donors (Lipinski definition) is 0. The summed E-state index contributed by atoms with van der Waals surface area (Å²) in [7, 11) is 1.18. The molecule has 0 aliphatic carbocycles. The molecule has 7 heteroatoms. The molecule has 0 saturated carbocycles. The molecular formula is C13H19N5OS. The molecule has 108 valence electrons. The maximum absolute atomic E-state index is 11.3. The molecule has 1 aromatic carbocycles. The number of tetrazole rings is 1. The number of aromatic nitrogens is 4. The van der Waals surface area contributed by atoms with Crippen molar-refractivity contribution in [1.29, 1.82) is 0 Å². The molecule has 0 unspecified atom stereocenters. The van der Waals surface area contributed by atoms with E-state index in [1.807, 2.05) is 37.4 Å². The molecule has 0 aliphatic rings. The van der Waals surface area contributed by atoms with E-state index in [1.165, 1.54) is 0 Å². The minimum atomic E-state index is -0.806. The summed E-state index contributed by atoms with van der Waals surface area (Å²) in [5.41, 5.74) is 0.938. The van der Waals surface area contributed by atoms with Crippen molar-refractivity contribution in [3.8, 4) is 5.69 Å². The summed E-state index contributed by atoms with van der Waals surface area (Å²) >= 11 is 0. The van der Waals surface area contributed by atoms with Gasteiger partial charge in [0.1, 0.15) is 0 Å². The largest absolute Gasteiger partial charge is 0.295 e. The fourth-order valence-corrected chi connectivity index (χ4v) is 2.85. The predicted molar refractivity (Wildman–Crippen MR) is 79.0 cm³/mol. The van der Waals surface area contributed by atoms with Gasteiger partial charge >= 0.3 is 0 Å². The molecule has 20 heavy (non-hydrogen) atoms. The Hall–Kier alpha value is -1.60. The second kappa shape index (κ2) is 6.71. The highest BCUT2D eigenvalue weighted by Gasteiger charge is 2.15. The molecule has 1 heterocycles. The van der Waals surface area contributed by atoms with Gasteiger partial charge in [0.05, 0.1) is 12.2 Å². The lowest BCUT2D eigenvalue weighted by Crippen LogP contribution is -2.33. The van der Waals surface area contributed by atoms with E-state index < -0.39 is 10.8 Å². The molecule has 0 saturated heterocycles. The fourth-order valence-electron chi connectivity index (χ4n) is 1.92. The molecule has 0 spiro atoms. The first-order chi connectivity index (χ1) is 9.58. The van der Waals surface area contributed by atoms with Crippen LogP contribution in [0.3, 0.4) is 0 Å². The van der Waals surface area contributed by atoms with Gasteiger partial charge in [-0.15, -0.1) is 5.10 Å². The van der Waals surface area contributed by atoms with Gasteiger partial charge < -0.3 is 0 Å². The Kier molecular flexibility index (Phi) is 4.97. The van der Waals surface area contributed by atoms with Crippen LogP contribution in [0.2, 0.25) is 0 Å². The average Bonchev–Trinajstić information content (AvgIpc) is 2.87. The van der Waals surface area contributed by atoms with Crippen molar-refractivity contribution < 1.29 is 4.21 Å². The lowest BCUT2D eigenvalue weighted by molar-refractivity contribution is 0.260. The average molecular weight is 293 g/mol. The molecule has 2 aromatic rings. The summed E-state index contributed by atoms with van der Waals surface area (Å²) in [5, 5.41) is 11.9. The Morgan fingerprint density at radius 2 is 2.05 bits per heavy atom. The summed E-state index contributed by atoms with van der Waals surface area (Å²) in [6.07, 6.45) is 1.72. The summed E-state index contributed by atoms with van der Waals surface area (Å²) in [6, 6.07) is 10.00. The monoisotopic (exact) mass is 293 g/mol. The molecule has 0 fully saturated rings. The minimum absolute atomic E-state index is 0.210. The maximum Gasteiger partial charge on any atom is 0.170 e. The molecule has 0 N–H and O–H groups in total. The van der Waals surface area contributed by atoms with E-state index >= 15 is 0 Å². The summed E-state index contributed by atoms with van der Waals surface area (Å²) in [5.74, 6) is 1.41. The Bertz CT molecular complexity index is 571. The lowest BCUT2D eigenvalue weighted by atomic mass is 10.3. The lowest BCUT2D eigenvalue weighted by Gasteiger charge is -2.23. The van der Waals surface area contributed by atoms with Crippen LogP contribution < -0.4 is 0 Å². The molecule has 0 amide bonds. The predicted octanol–water partition coefficient (Wildman–Crippen LogP) is 0.861. The summed E-state index contributed by atoms with van der Waals surface area (Å²) in [6.45, 7) is 2.66. The zero-order valence-corrected chi connectivity index (χ0v) is 12.7. The van der Waals surface area contributed by atoms with Crippen molar-refractivity contribution in [2.45, 2.75) is 19.5 Å². The Balaban J connectivity index is 2.11. The SMILES string of the molecule is C[C@@H](C[S@](C)=O)N(C)Cc1nnnn1-c1ccccc1. The van der Waals surface area contributed by atoms with Crippen LogP contribution in [0.1, 0.15) is 12.7 Å². The zero-order chi connectivity index (χ0) is 14.5. The number of para-hydroxylation sites is 1. The zero-order valence-electron chi connectivity index (χ0n) is 11.9. The van der Waals surface area contributed by atoms with Crippen LogP contribution in [0, 0.1) is 0 Å². The van der Waals surface area contributed by atoms with Crippen molar-refractivity contribution in [2.24, 2.45) is 0 Å². The second-order valence-electron chi connectivity index (χ2n) is 4.85. The van der Waals surface area contributed by atoms with E-state index in [0.29, 0.717) is 12.3 Å². The molecular weight excluding hydrogens is 274 g/mol. The number of hydrogen-bond acceptors (Lipinski definition) is 5. The standard InChI is InChI=1S/C13H19N5OS/c1-11(10-20(3)19)17(2)9-13-14-15-16-18(13)12-7-5-4-6-8-12/h4-8,11H,9-10H2,1-3H3/t11-,20-/m0/s1. The Morgan fingerprint density at radius 1 is 1.35 bits per heavy atom. The Labute approximate surface area is 121 Å². The van der Waals surface area contributed by atoms with Crippen LogP contribution in [0.4, 0.5) is 0 Å².